The lowest BCUT2D eigenvalue weighted by Crippen LogP contribution is -2.42. The number of rotatable bonds is 6. The molecule has 0 bridgehead atoms. The van der Waals surface area contributed by atoms with E-state index in [1.165, 1.54) is 17.8 Å². The third-order valence-electron chi connectivity index (χ3n) is 3.15. The van der Waals surface area contributed by atoms with Crippen molar-refractivity contribution in [3.8, 4) is 0 Å². The fourth-order valence-electron chi connectivity index (χ4n) is 2.12. The van der Waals surface area contributed by atoms with E-state index in [1.54, 1.807) is 12.1 Å². The Balaban J connectivity index is 1.78. The SMILES string of the molecule is CCNC(=NCCSc1ccccc1F)NC1CC=CC1. The van der Waals surface area contributed by atoms with Crippen molar-refractivity contribution in [1.29, 1.82) is 0 Å². The summed E-state index contributed by atoms with van der Waals surface area (Å²) in [6, 6.07) is 7.30. The number of nitrogens with one attached hydrogen (secondary N) is 2. The largest absolute Gasteiger partial charge is 0.357 e. The van der Waals surface area contributed by atoms with Crippen molar-refractivity contribution in [2.45, 2.75) is 30.7 Å². The number of nitrogens with zero attached hydrogens (tertiary/aromatic N) is 1. The van der Waals surface area contributed by atoms with Crippen LogP contribution in [0.5, 0.6) is 0 Å². The van der Waals surface area contributed by atoms with Gasteiger partial charge in [0, 0.05) is 23.2 Å². The van der Waals surface area contributed by atoms with Gasteiger partial charge in [-0.25, -0.2) is 4.39 Å². The fraction of sp³-hybridized carbons (Fsp3) is 0.438. The first kappa shape index (κ1) is 15.9. The number of guanidine groups is 1. The van der Waals surface area contributed by atoms with E-state index in [2.05, 4.69) is 34.7 Å². The molecule has 1 aromatic carbocycles. The molecule has 2 N–H and O–H groups in total. The maximum Gasteiger partial charge on any atom is 0.191 e. The van der Waals surface area contributed by atoms with E-state index in [-0.39, 0.29) is 5.82 Å². The molecule has 0 saturated heterocycles. The number of thioether (sulfide) groups is 1. The Bertz CT molecular complexity index is 494. The van der Waals surface area contributed by atoms with Crippen LogP contribution in [0.2, 0.25) is 0 Å². The lowest BCUT2D eigenvalue weighted by atomic mass is 10.2. The summed E-state index contributed by atoms with van der Waals surface area (Å²) in [6.45, 7) is 3.55. The van der Waals surface area contributed by atoms with E-state index in [4.69, 9.17) is 0 Å². The van der Waals surface area contributed by atoms with Crippen molar-refractivity contribution in [2.24, 2.45) is 4.99 Å². The number of halogens is 1. The molecule has 5 heteroatoms. The highest BCUT2D eigenvalue weighted by Crippen LogP contribution is 2.20. The highest BCUT2D eigenvalue weighted by atomic mass is 32.2. The van der Waals surface area contributed by atoms with Crippen molar-refractivity contribution in [3.63, 3.8) is 0 Å². The Labute approximate surface area is 130 Å². The second kappa shape index (κ2) is 8.72. The zero-order valence-corrected chi connectivity index (χ0v) is 13.1. The van der Waals surface area contributed by atoms with Crippen molar-refractivity contribution < 1.29 is 4.39 Å². The smallest absolute Gasteiger partial charge is 0.191 e. The summed E-state index contributed by atoms with van der Waals surface area (Å²) in [5, 5.41) is 6.67. The van der Waals surface area contributed by atoms with Gasteiger partial charge in [-0.3, -0.25) is 4.99 Å². The highest BCUT2D eigenvalue weighted by Gasteiger charge is 2.11. The van der Waals surface area contributed by atoms with Crippen LogP contribution in [0.1, 0.15) is 19.8 Å². The predicted octanol–water partition coefficient (Wildman–Crippen LogP) is 3.19. The Kier molecular flexibility index (Phi) is 6.60. The van der Waals surface area contributed by atoms with E-state index >= 15 is 0 Å². The van der Waals surface area contributed by atoms with Crippen LogP contribution in [0, 0.1) is 5.82 Å². The van der Waals surface area contributed by atoms with Crippen LogP contribution in [0.4, 0.5) is 4.39 Å². The van der Waals surface area contributed by atoms with Crippen molar-refractivity contribution >= 4 is 17.7 Å². The van der Waals surface area contributed by atoms with Crippen molar-refractivity contribution in [3.05, 3.63) is 42.2 Å². The molecule has 0 unspecified atom stereocenters. The van der Waals surface area contributed by atoms with Crippen LogP contribution >= 0.6 is 11.8 Å². The topological polar surface area (TPSA) is 36.4 Å². The fourth-order valence-corrected chi connectivity index (χ4v) is 2.91. The lowest BCUT2D eigenvalue weighted by Gasteiger charge is -2.16. The van der Waals surface area contributed by atoms with Crippen LogP contribution in [0.3, 0.4) is 0 Å². The number of hydrogen-bond acceptors (Lipinski definition) is 2. The summed E-state index contributed by atoms with van der Waals surface area (Å²) in [7, 11) is 0. The molecule has 1 aliphatic carbocycles. The maximum absolute atomic E-state index is 13.5. The van der Waals surface area contributed by atoms with Crippen LogP contribution in [-0.4, -0.2) is 30.8 Å². The molecule has 3 nitrogen and oxygen atoms in total. The van der Waals surface area contributed by atoms with Gasteiger partial charge in [0.05, 0.1) is 6.54 Å². The Morgan fingerprint density at radius 3 is 2.81 bits per heavy atom. The van der Waals surface area contributed by atoms with Crippen LogP contribution in [0.25, 0.3) is 0 Å². The molecule has 2 rings (SSSR count). The Morgan fingerprint density at radius 2 is 2.10 bits per heavy atom. The monoisotopic (exact) mass is 307 g/mol. The molecule has 0 saturated carbocycles. The zero-order valence-electron chi connectivity index (χ0n) is 12.3. The predicted molar refractivity (Wildman–Crippen MR) is 88.4 cm³/mol. The van der Waals surface area contributed by atoms with Gasteiger partial charge in [0.1, 0.15) is 5.82 Å². The molecule has 0 atom stereocenters. The van der Waals surface area contributed by atoms with Gasteiger partial charge in [0.25, 0.3) is 0 Å². The lowest BCUT2D eigenvalue weighted by molar-refractivity contribution is 0.602. The molecule has 0 aromatic heterocycles. The van der Waals surface area contributed by atoms with Gasteiger partial charge in [-0.2, -0.15) is 0 Å². The van der Waals surface area contributed by atoms with Gasteiger partial charge in [0.2, 0.25) is 0 Å². The highest BCUT2D eigenvalue weighted by molar-refractivity contribution is 7.99. The minimum absolute atomic E-state index is 0.159. The zero-order chi connectivity index (χ0) is 14.9. The average molecular weight is 307 g/mol. The van der Waals surface area contributed by atoms with Crippen LogP contribution in [-0.2, 0) is 0 Å². The molecule has 0 fully saturated rings. The van der Waals surface area contributed by atoms with E-state index in [9.17, 15) is 4.39 Å². The Hall–Kier alpha value is -1.49. The first-order valence-corrected chi connectivity index (χ1v) is 8.35. The second-order valence-electron chi connectivity index (χ2n) is 4.82. The summed E-state index contributed by atoms with van der Waals surface area (Å²) >= 11 is 1.50. The quantitative estimate of drug-likeness (QED) is 0.279. The molecular formula is C16H22FN3S. The first-order valence-electron chi connectivity index (χ1n) is 7.36. The van der Waals surface area contributed by atoms with Crippen LogP contribution in [0.15, 0.2) is 46.3 Å². The van der Waals surface area contributed by atoms with Gasteiger partial charge in [0.15, 0.2) is 5.96 Å². The van der Waals surface area contributed by atoms with Gasteiger partial charge < -0.3 is 10.6 Å². The first-order chi connectivity index (χ1) is 10.3. The summed E-state index contributed by atoms with van der Waals surface area (Å²) in [5.41, 5.74) is 0. The molecule has 1 aromatic rings. The minimum atomic E-state index is -0.159. The van der Waals surface area contributed by atoms with Crippen molar-refractivity contribution in [1.82, 2.24) is 10.6 Å². The molecule has 0 amide bonds. The molecule has 0 radical (unpaired) electrons. The summed E-state index contributed by atoms with van der Waals surface area (Å²) < 4.78 is 13.5. The van der Waals surface area contributed by atoms with Gasteiger partial charge in [-0.15, -0.1) is 11.8 Å². The van der Waals surface area contributed by atoms with Gasteiger partial charge in [-0.1, -0.05) is 24.3 Å². The van der Waals surface area contributed by atoms with Gasteiger partial charge in [-0.05, 0) is 31.9 Å². The summed E-state index contributed by atoms with van der Waals surface area (Å²) in [5.74, 6) is 1.45. The molecule has 0 aliphatic heterocycles. The van der Waals surface area contributed by atoms with Crippen LogP contribution < -0.4 is 10.6 Å². The Morgan fingerprint density at radius 1 is 1.33 bits per heavy atom. The number of aliphatic imine (C=N–C) groups is 1. The standard InChI is InChI=1S/C16H22FN3S/c1-2-18-16(20-13-7-3-4-8-13)19-11-12-21-15-10-6-5-9-14(15)17/h3-6,9-10,13H,2,7-8,11-12H2,1H3,(H2,18,19,20). The third kappa shape index (κ3) is 5.42. The van der Waals surface area contributed by atoms with Gasteiger partial charge >= 0.3 is 0 Å². The maximum atomic E-state index is 13.5. The van der Waals surface area contributed by atoms with E-state index < -0.39 is 0 Å². The van der Waals surface area contributed by atoms with E-state index in [1.807, 2.05) is 6.07 Å². The number of benzene rings is 1. The molecule has 1 aliphatic rings. The normalized spacial score (nSPS) is 15.4. The molecule has 0 heterocycles. The third-order valence-corrected chi connectivity index (χ3v) is 4.18. The van der Waals surface area contributed by atoms with E-state index in [0.717, 1.165) is 31.1 Å². The second-order valence-corrected chi connectivity index (χ2v) is 5.96. The number of hydrogen-bond donors (Lipinski definition) is 2. The van der Waals surface area contributed by atoms with Crippen molar-refractivity contribution in [2.75, 3.05) is 18.8 Å². The molecule has 114 valence electrons. The molecular weight excluding hydrogens is 285 g/mol. The average Bonchev–Trinajstić information content (AvgIpc) is 2.98. The summed E-state index contributed by atoms with van der Waals surface area (Å²) in [6.07, 6.45) is 6.48. The molecule has 21 heavy (non-hydrogen) atoms. The minimum Gasteiger partial charge on any atom is -0.357 e. The van der Waals surface area contributed by atoms with E-state index in [0.29, 0.717) is 17.5 Å². The molecule has 0 spiro atoms. The summed E-state index contributed by atoms with van der Waals surface area (Å²) in [4.78, 5) is 5.23.